The molecule has 1 saturated carbocycles. The summed E-state index contributed by atoms with van der Waals surface area (Å²) < 4.78 is 5.67. The molecule has 0 amide bonds. The van der Waals surface area contributed by atoms with E-state index in [0.29, 0.717) is 6.61 Å². The van der Waals surface area contributed by atoms with Crippen molar-refractivity contribution in [1.29, 1.82) is 0 Å². The van der Waals surface area contributed by atoms with Crippen molar-refractivity contribution in [3.63, 3.8) is 0 Å². The summed E-state index contributed by atoms with van der Waals surface area (Å²) in [4.78, 5) is 0. The molecule has 0 radical (unpaired) electrons. The lowest BCUT2D eigenvalue weighted by Crippen LogP contribution is -2.13. The Balaban J connectivity index is 1.31. The second kappa shape index (κ2) is 13.3. The minimum atomic E-state index is 0.708. The van der Waals surface area contributed by atoms with Crippen LogP contribution in [-0.4, -0.2) is 6.61 Å². The lowest BCUT2D eigenvalue weighted by Gasteiger charge is -2.29. The summed E-state index contributed by atoms with van der Waals surface area (Å²) in [5, 5.41) is 0. The van der Waals surface area contributed by atoms with Crippen LogP contribution in [0.15, 0.2) is 73.8 Å². The van der Waals surface area contributed by atoms with Gasteiger partial charge in [0, 0.05) is 0 Å². The molecule has 1 aliphatic rings. The number of unbranched alkanes of at least 4 members (excludes halogenated alkanes) is 1. The van der Waals surface area contributed by atoms with Crippen molar-refractivity contribution >= 4 is 0 Å². The van der Waals surface area contributed by atoms with Gasteiger partial charge in [0.05, 0.1) is 13.2 Å². The summed E-state index contributed by atoms with van der Waals surface area (Å²) in [5.41, 5.74) is 5.64. The molecule has 1 aliphatic carbocycles. The van der Waals surface area contributed by atoms with Gasteiger partial charge in [-0.25, -0.2) is 0 Å². The van der Waals surface area contributed by atoms with Crippen LogP contribution in [0.1, 0.15) is 79.5 Å². The zero-order chi connectivity index (χ0) is 21.7. The summed E-state index contributed by atoms with van der Waals surface area (Å²) in [6.45, 7) is 9.02. The Morgan fingerprint density at radius 1 is 0.774 bits per heavy atom. The maximum atomic E-state index is 5.67. The summed E-state index contributed by atoms with van der Waals surface area (Å²) in [6.07, 6.45) is 16.6. The SMILES string of the molecule is C=CCCOCc1ccc([C@H]2CC[C@H](CCCCc3ccc(CC=C)cc3)CC2)cc1. The number of rotatable bonds is 13. The van der Waals surface area contributed by atoms with Gasteiger partial charge in [-0.2, -0.15) is 0 Å². The molecule has 0 saturated heterocycles. The molecule has 0 aromatic heterocycles. The molecule has 0 bridgehead atoms. The molecule has 2 aromatic carbocycles. The highest BCUT2D eigenvalue weighted by molar-refractivity contribution is 5.26. The van der Waals surface area contributed by atoms with E-state index in [-0.39, 0.29) is 0 Å². The molecule has 0 N–H and O–H groups in total. The van der Waals surface area contributed by atoms with E-state index >= 15 is 0 Å². The molecule has 0 atom stereocenters. The van der Waals surface area contributed by atoms with Crippen LogP contribution in [0.5, 0.6) is 0 Å². The van der Waals surface area contributed by atoms with Gasteiger partial charge in [-0.3, -0.25) is 0 Å². The Morgan fingerprint density at radius 3 is 2.13 bits per heavy atom. The van der Waals surface area contributed by atoms with Gasteiger partial charge < -0.3 is 4.74 Å². The monoisotopic (exact) mass is 416 g/mol. The van der Waals surface area contributed by atoms with Crippen LogP contribution in [0.3, 0.4) is 0 Å². The van der Waals surface area contributed by atoms with Crippen molar-refractivity contribution in [2.75, 3.05) is 6.61 Å². The van der Waals surface area contributed by atoms with Crippen LogP contribution >= 0.6 is 0 Å². The Hall–Kier alpha value is -2.12. The third-order valence-electron chi connectivity index (χ3n) is 6.76. The Labute approximate surface area is 190 Å². The van der Waals surface area contributed by atoms with Gasteiger partial charge in [0.2, 0.25) is 0 Å². The molecular formula is C30H40O. The highest BCUT2D eigenvalue weighted by atomic mass is 16.5. The van der Waals surface area contributed by atoms with Gasteiger partial charge in [0.1, 0.15) is 0 Å². The van der Waals surface area contributed by atoms with Crippen LogP contribution in [-0.2, 0) is 24.2 Å². The first kappa shape index (κ1) is 23.5. The fourth-order valence-electron chi connectivity index (χ4n) is 4.80. The van der Waals surface area contributed by atoms with Crippen molar-refractivity contribution in [3.8, 4) is 0 Å². The Bertz CT molecular complexity index is 763. The molecular weight excluding hydrogens is 376 g/mol. The summed E-state index contributed by atoms with van der Waals surface area (Å²) in [5.74, 6) is 1.69. The second-order valence-corrected chi connectivity index (χ2v) is 9.14. The lowest BCUT2D eigenvalue weighted by molar-refractivity contribution is 0.125. The third-order valence-corrected chi connectivity index (χ3v) is 6.76. The maximum Gasteiger partial charge on any atom is 0.0717 e. The number of hydrogen-bond donors (Lipinski definition) is 0. The van der Waals surface area contributed by atoms with E-state index in [1.165, 1.54) is 73.6 Å². The molecule has 166 valence electrons. The predicted octanol–water partition coefficient (Wildman–Crippen LogP) is 8.19. The van der Waals surface area contributed by atoms with Gasteiger partial charge in [0.25, 0.3) is 0 Å². The van der Waals surface area contributed by atoms with Crippen molar-refractivity contribution in [1.82, 2.24) is 0 Å². The van der Waals surface area contributed by atoms with Gasteiger partial charge in [-0.05, 0) is 85.5 Å². The van der Waals surface area contributed by atoms with Gasteiger partial charge in [-0.1, -0.05) is 73.5 Å². The number of ether oxygens (including phenoxy) is 1. The zero-order valence-electron chi connectivity index (χ0n) is 19.2. The molecule has 1 fully saturated rings. The summed E-state index contributed by atoms with van der Waals surface area (Å²) in [6, 6.07) is 18.3. The number of aryl methyl sites for hydroxylation is 1. The standard InChI is InChI=1S/C30H40O/c1-3-5-23-31-24-28-17-21-30(22-18-28)29-19-15-27(16-20-29)10-7-6-9-26-13-11-25(8-4-2)12-14-26/h3-4,11-14,17-18,21-22,27,29H,1-2,5-10,15-16,19-20,23-24H2/t27-,29-. The van der Waals surface area contributed by atoms with Crippen LogP contribution in [0.25, 0.3) is 0 Å². The zero-order valence-corrected chi connectivity index (χ0v) is 19.2. The van der Waals surface area contributed by atoms with Crippen molar-refractivity contribution in [2.24, 2.45) is 5.92 Å². The normalized spacial score (nSPS) is 18.6. The van der Waals surface area contributed by atoms with Crippen molar-refractivity contribution < 1.29 is 4.74 Å². The first-order chi connectivity index (χ1) is 15.3. The smallest absolute Gasteiger partial charge is 0.0717 e. The van der Waals surface area contributed by atoms with E-state index in [1.54, 1.807) is 0 Å². The van der Waals surface area contributed by atoms with E-state index in [2.05, 4.69) is 61.7 Å². The van der Waals surface area contributed by atoms with E-state index in [9.17, 15) is 0 Å². The molecule has 1 nitrogen and oxygen atoms in total. The van der Waals surface area contributed by atoms with E-state index in [4.69, 9.17) is 4.74 Å². The maximum absolute atomic E-state index is 5.67. The van der Waals surface area contributed by atoms with Crippen LogP contribution in [0.2, 0.25) is 0 Å². The second-order valence-electron chi connectivity index (χ2n) is 9.14. The first-order valence-electron chi connectivity index (χ1n) is 12.2. The fourth-order valence-corrected chi connectivity index (χ4v) is 4.80. The van der Waals surface area contributed by atoms with Crippen LogP contribution in [0, 0.1) is 5.92 Å². The van der Waals surface area contributed by atoms with Crippen molar-refractivity contribution in [2.45, 2.75) is 76.7 Å². The minimum absolute atomic E-state index is 0.708. The first-order valence-corrected chi connectivity index (χ1v) is 12.2. The van der Waals surface area contributed by atoms with E-state index < -0.39 is 0 Å². The topological polar surface area (TPSA) is 9.23 Å². The highest BCUT2D eigenvalue weighted by Gasteiger charge is 2.22. The quantitative estimate of drug-likeness (QED) is 0.236. The fraction of sp³-hybridized carbons (Fsp3) is 0.467. The third kappa shape index (κ3) is 8.15. The molecule has 1 heteroatoms. The molecule has 0 spiro atoms. The average Bonchev–Trinajstić information content (AvgIpc) is 2.82. The Morgan fingerprint density at radius 2 is 1.45 bits per heavy atom. The van der Waals surface area contributed by atoms with E-state index in [1.807, 2.05) is 12.2 Å². The van der Waals surface area contributed by atoms with Gasteiger partial charge >= 0.3 is 0 Å². The summed E-state index contributed by atoms with van der Waals surface area (Å²) >= 11 is 0. The lowest BCUT2D eigenvalue weighted by atomic mass is 9.77. The van der Waals surface area contributed by atoms with E-state index in [0.717, 1.165) is 31.3 Å². The number of benzene rings is 2. The molecule has 0 unspecified atom stereocenters. The number of allylic oxidation sites excluding steroid dienone is 1. The van der Waals surface area contributed by atoms with Gasteiger partial charge in [0.15, 0.2) is 0 Å². The molecule has 2 aromatic rings. The highest BCUT2D eigenvalue weighted by Crippen LogP contribution is 2.37. The number of hydrogen-bond acceptors (Lipinski definition) is 1. The van der Waals surface area contributed by atoms with Crippen LogP contribution < -0.4 is 0 Å². The Kier molecular flexibility index (Phi) is 10.1. The largest absolute Gasteiger partial charge is 0.376 e. The minimum Gasteiger partial charge on any atom is -0.376 e. The average molecular weight is 417 g/mol. The predicted molar refractivity (Wildman–Crippen MR) is 134 cm³/mol. The van der Waals surface area contributed by atoms with Crippen LogP contribution in [0.4, 0.5) is 0 Å². The summed E-state index contributed by atoms with van der Waals surface area (Å²) in [7, 11) is 0. The molecule has 3 rings (SSSR count). The molecule has 0 aliphatic heterocycles. The van der Waals surface area contributed by atoms with Gasteiger partial charge in [-0.15, -0.1) is 13.2 Å². The van der Waals surface area contributed by atoms with Crippen molar-refractivity contribution in [3.05, 3.63) is 96.1 Å². The molecule has 31 heavy (non-hydrogen) atoms. The molecule has 0 heterocycles.